The van der Waals surface area contributed by atoms with Crippen molar-refractivity contribution in [3.8, 4) is 5.75 Å². The summed E-state index contributed by atoms with van der Waals surface area (Å²) in [5, 5.41) is 5.72. The summed E-state index contributed by atoms with van der Waals surface area (Å²) in [7, 11) is 0. The van der Waals surface area contributed by atoms with Gasteiger partial charge in [0.2, 0.25) is 0 Å². The van der Waals surface area contributed by atoms with Gasteiger partial charge in [-0.05, 0) is 28.8 Å². The van der Waals surface area contributed by atoms with Gasteiger partial charge in [0.05, 0.1) is 5.69 Å². The molecule has 0 fully saturated rings. The quantitative estimate of drug-likeness (QED) is 0.679. The van der Waals surface area contributed by atoms with E-state index in [1.165, 1.54) is 11.1 Å². The number of carbonyl (C=O) groups is 2. The Labute approximate surface area is 174 Å². The van der Waals surface area contributed by atoms with E-state index in [9.17, 15) is 9.59 Å². The van der Waals surface area contributed by atoms with Crippen molar-refractivity contribution in [1.82, 2.24) is 4.90 Å². The minimum atomic E-state index is -0.182. The molecule has 1 unspecified atom stereocenters. The number of urea groups is 1. The van der Waals surface area contributed by atoms with E-state index in [0.717, 1.165) is 5.56 Å². The Morgan fingerprint density at radius 2 is 1.83 bits per heavy atom. The molecule has 0 radical (unpaired) electrons. The van der Waals surface area contributed by atoms with E-state index in [1.54, 1.807) is 18.2 Å². The van der Waals surface area contributed by atoms with E-state index >= 15 is 0 Å². The SMILES string of the molecule is O=C1COc2cc(NC(=O)N3Cc4ccccc4C(c4ccccc4)C3)ccc2N1. The van der Waals surface area contributed by atoms with E-state index in [2.05, 4.69) is 41.0 Å². The van der Waals surface area contributed by atoms with Gasteiger partial charge in [0.1, 0.15) is 5.75 Å². The predicted molar refractivity (Wildman–Crippen MR) is 115 cm³/mol. The lowest BCUT2D eigenvalue weighted by atomic mass is 9.85. The molecular formula is C24H21N3O3. The molecule has 0 saturated heterocycles. The molecule has 2 heterocycles. The van der Waals surface area contributed by atoms with Crippen LogP contribution in [0.2, 0.25) is 0 Å². The van der Waals surface area contributed by atoms with Crippen LogP contribution < -0.4 is 15.4 Å². The lowest BCUT2D eigenvalue weighted by Crippen LogP contribution is -2.41. The van der Waals surface area contributed by atoms with Gasteiger partial charge in [-0.2, -0.15) is 0 Å². The third-order valence-electron chi connectivity index (χ3n) is 5.55. The summed E-state index contributed by atoms with van der Waals surface area (Å²) >= 11 is 0. The van der Waals surface area contributed by atoms with Crippen molar-refractivity contribution in [2.24, 2.45) is 0 Å². The number of nitrogens with one attached hydrogen (secondary N) is 2. The van der Waals surface area contributed by atoms with Crippen molar-refractivity contribution in [2.45, 2.75) is 12.5 Å². The van der Waals surface area contributed by atoms with Crippen molar-refractivity contribution in [3.63, 3.8) is 0 Å². The van der Waals surface area contributed by atoms with Gasteiger partial charge < -0.3 is 20.3 Å². The van der Waals surface area contributed by atoms with E-state index in [0.29, 0.717) is 30.2 Å². The molecule has 5 rings (SSSR count). The van der Waals surface area contributed by atoms with Crippen LogP contribution in [-0.4, -0.2) is 30.0 Å². The van der Waals surface area contributed by atoms with E-state index in [4.69, 9.17) is 4.74 Å². The predicted octanol–water partition coefficient (Wildman–Crippen LogP) is 4.20. The molecule has 2 N–H and O–H groups in total. The molecule has 0 aromatic heterocycles. The van der Waals surface area contributed by atoms with E-state index in [-0.39, 0.29) is 24.5 Å². The Hall–Kier alpha value is -3.80. The Morgan fingerprint density at radius 3 is 2.70 bits per heavy atom. The minimum absolute atomic E-state index is 0.0218. The Morgan fingerprint density at radius 1 is 1.03 bits per heavy atom. The topological polar surface area (TPSA) is 70.7 Å². The number of benzene rings is 3. The molecule has 0 aliphatic carbocycles. The molecule has 2 aliphatic heterocycles. The summed E-state index contributed by atoms with van der Waals surface area (Å²) in [5.41, 5.74) is 4.86. The van der Waals surface area contributed by atoms with Crippen molar-refractivity contribution in [3.05, 3.63) is 89.5 Å². The summed E-state index contributed by atoms with van der Waals surface area (Å²) in [4.78, 5) is 26.3. The van der Waals surface area contributed by atoms with Crippen LogP contribution in [0.15, 0.2) is 72.8 Å². The average Bonchev–Trinajstić information content (AvgIpc) is 2.79. The van der Waals surface area contributed by atoms with Gasteiger partial charge in [0.25, 0.3) is 5.91 Å². The summed E-state index contributed by atoms with van der Waals surface area (Å²) in [6.45, 7) is 1.14. The normalized spacial score (nSPS) is 17.3. The van der Waals surface area contributed by atoms with Crippen LogP contribution in [0.4, 0.5) is 16.2 Å². The summed E-state index contributed by atoms with van der Waals surface area (Å²) < 4.78 is 5.45. The Balaban J connectivity index is 1.38. The fourth-order valence-electron chi connectivity index (χ4n) is 4.09. The van der Waals surface area contributed by atoms with Crippen LogP contribution >= 0.6 is 0 Å². The fraction of sp³-hybridized carbons (Fsp3) is 0.167. The molecule has 6 heteroatoms. The zero-order valence-corrected chi connectivity index (χ0v) is 16.3. The number of fused-ring (bicyclic) bond motifs is 2. The van der Waals surface area contributed by atoms with Crippen LogP contribution in [0, 0.1) is 0 Å². The molecule has 6 nitrogen and oxygen atoms in total. The Kier molecular flexibility index (Phi) is 4.59. The van der Waals surface area contributed by atoms with Gasteiger partial charge >= 0.3 is 6.03 Å². The molecule has 1 atom stereocenters. The van der Waals surface area contributed by atoms with Crippen molar-refractivity contribution in [1.29, 1.82) is 0 Å². The highest BCUT2D eigenvalue weighted by molar-refractivity contribution is 5.96. The number of carbonyl (C=O) groups excluding carboxylic acids is 2. The summed E-state index contributed by atoms with van der Waals surface area (Å²) in [6.07, 6.45) is 0. The van der Waals surface area contributed by atoms with Gasteiger partial charge in [-0.1, -0.05) is 54.6 Å². The molecule has 0 bridgehead atoms. The molecular weight excluding hydrogens is 378 g/mol. The zero-order chi connectivity index (χ0) is 20.5. The number of anilines is 2. The number of amides is 3. The van der Waals surface area contributed by atoms with Gasteiger partial charge in [-0.15, -0.1) is 0 Å². The molecule has 0 spiro atoms. The maximum Gasteiger partial charge on any atom is 0.322 e. The van der Waals surface area contributed by atoms with Crippen LogP contribution in [0.5, 0.6) is 5.75 Å². The fourth-order valence-corrected chi connectivity index (χ4v) is 4.09. The number of ether oxygens (including phenoxy) is 1. The van der Waals surface area contributed by atoms with Crippen LogP contribution in [0.3, 0.4) is 0 Å². The molecule has 3 aromatic carbocycles. The monoisotopic (exact) mass is 399 g/mol. The van der Waals surface area contributed by atoms with Crippen molar-refractivity contribution < 1.29 is 14.3 Å². The maximum absolute atomic E-state index is 13.1. The minimum Gasteiger partial charge on any atom is -0.482 e. The van der Waals surface area contributed by atoms with Crippen LogP contribution in [-0.2, 0) is 11.3 Å². The third kappa shape index (κ3) is 3.48. The van der Waals surface area contributed by atoms with Gasteiger partial charge in [-0.3, -0.25) is 4.79 Å². The Bertz CT molecular complexity index is 1110. The molecule has 150 valence electrons. The van der Waals surface area contributed by atoms with Crippen molar-refractivity contribution in [2.75, 3.05) is 23.8 Å². The van der Waals surface area contributed by atoms with Gasteiger partial charge in [0.15, 0.2) is 6.61 Å². The second-order valence-electron chi connectivity index (χ2n) is 7.52. The number of rotatable bonds is 2. The third-order valence-corrected chi connectivity index (χ3v) is 5.55. The second-order valence-corrected chi connectivity index (χ2v) is 7.52. The van der Waals surface area contributed by atoms with E-state index < -0.39 is 0 Å². The molecule has 3 amide bonds. The van der Waals surface area contributed by atoms with Crippen molar-refractivity contribution >= 4 is 23.3 Å². The highest BCUT2D eigenvalue weighted by Gasteiger charge is 2.29. The average molecular weight is 399 g/mol. The van der Waals surface area contributed by atoms with Crippen LogP contribution in [0.1, 0.15) is 22.6 Å². The highest BCUT2D eigenvalue weighted by Crippen LogP contribution is 2.34. The van der Waals surface area contributed by atoms with Crippen LogP contribution in [0.25, 0.3) is 0 Å². The van der Waals surface area contributed by atoms with E-state index in [1.807, 2.05) is 29.2 Å². The second kappa shape index (κ2) is 7.55. The maximum atomic E-state index is 13.1. The lowest BCUT2D eigenvalue weighted by molar-refractivity contribution is -0.118. The number of nitrogens with zero attached hydrogens (tertiary/aromatic N) is 1. The van der Waals surface area contributed by atoms with Gasteiger partial charge in [-0.25, -0.2) is 4.79 Å². The standard InChI is InChI=1S/C24H21N3O3/c28-23-15-30-22-12-18(10-11-21(22)26-23)25-24(29)27-13-17-8-4-5-9-19(17)20(14-27)16-6-2-1-3-7-16/h1-12,20H,13-15H2,(H,25,29)(H,26,28). The summed E-state index contributed by atoms with van der Waals surface area (Å²) in [6, 6.07) is 23.7. The summed E-state index contributed by atoms with van der Waals surface area (Å²) in [5.74, 6) is 0.501. The molecule has 2 aliphatic rings. The first-order valence-electron chi connectivity index (χ1n) is 9.93. The molecule has 3 aromatic rings. The molecule has 0 saturated carbocycles. The lowest BCUT2D eigenvalue weighted by Gasteiger charge is -2.35. The zero-order valence-electron chi connectivity index (χ0n) is 16.3. The molecule has 30 heavy (non-hydrogen) atoms. The largest absolute Gasteiger partial charge is 0.482 e. The first-order valence-corrected chi connectivity index (χ1v) is 9.93. The van der Waals surface area contributed by atoms with Gasteiger partial charge in [0, 0.05) is 30.8 Å². The first-order chi connectivity index (χ1) is 14.7. The number of hydrogen-bond acceptors (Lipinski definition) is 3. The smallest absolute Gasteiger partial charge is 0.322 e. The first kappa shape index (κ1) is 18.2. The highest BCUT2D eigenvalue weighted by atomic mass is 16.5. The number of hydrogen-bond donors (Lipinski definition) is 2.